The second kappa shape index (κ2) is 6.57. The number of nitrogens with two attached hydrogens (primary N) is 1. The summed E-state index contributed by atoms with van der Waals surface area (Å²) in [6.07, 6.45) is 0. The first-order valence-electron chi connectivity index (χ1n) is 6.77. The molecule has 2 rings (SSSR count). The second-order valence-electron chi connectivity index (χ2n) is 4.72. The Hall–Kier alpha value is -2.41. The number of benzene rings is 2. The summed E-state index contributed by atoms with van der Waals surface area (Å²) in [7, 11) is 3.10. The molecule has 0 amide bonds. The van der Waals surface area contributed by atoms with Gasteiger partial charge < -0.3 is 15.6 Å². The van der Waals surface area contributed by atoms with E-state index in [-0.39, 0.29) is 5.78 Å². The molecule has 0 aromatic heterocycles. The number of rotatable bonds is 6. The highest BCUT2D eigenvalue weighted by molar-refractivity contribution is 6.09. The molecule has 0 radical (unpaired) electrons. The van der Waals surface area contributed by atoms with Gasteiger partial charge in [0.05, 0.1) is 0 Å². The van der Waals surface area contributed by atoms with Gasteiger partial charge in [-0.25, -0.2) is 10.6 Å². The van der Waals surface area contributed by atoms with Crippen molar-refractivity contribution in [3.63, 3.8) is 0 Å². The van der Waals surface area contributed by atoms with Crippen LogP contribution in [0.5, 0.6) is 5.75 Å². The van der Waals surface area contributed by atoms with Crippen molar-refractivity contribution in [2.45, 2.75) is 6.03 Å². The van der Waals surface area contributed by atoms with E-state index < -0.39 is 6.03 Å². The van der Waals surface area contributed by atoms with E-state index in [2.05, 4.69) is 10.6 Å². The molecule has 0 unspecified atom stereocenters. The van der Waals surface area contributed by atoms with Gasteiger partial charge in [0.2, 0.25) is 0 Å². The van der Waals surface area contributed by atoms with E-state index in [0.717, 1.165) is 0 Å². The van der Waals surface area contributed by atoms with Crippen molar-refractivity contribution in [1.29, 1.82) is 0 Å². The van der Waals surface area contributed by atoms with Crippen molar-refractivity contribution in [1.82, 2.24) is 10.6 Å². The molecule has 0 saturated heterocycles. The Morgan fingerprint density at radius 1 is 1.00 bits per heavy atom. The van der Waals surface area contributed by atoms with Gasteiger partial charge in [-0.3, -0.25) is 4.79 Å². The molecule has 0 atom stereocenters. The standard InChI is InChI=1S/C16H19N3O3/c1-18-16(21,19-2)22-14-9-5-12(6-10-14)15(20)11-3-7-13(17)8-4-11/h3-10,18-19,21H,17H2,1-2H3. The third kappa shape index (κ3) is 3.62. The summed E-state index contributed by atoms with van der Waals surface area (Å²) in [6, 6.07) is 11.6. The van der Waals surface area contributed by atoms with Crippen LogP contribution in [0.1, 0.15) is 15.9 Å². The van der Waals surface area contributed by atoms with Crippen LogP contribution >= 0.6 is 0 Å². The molecule has 0 heterocycles. The van der Waals surface area contributed by atoms with Crippen molar-refractivity contribution in [2.24, 2.45) is 0 Å². The molecule has 116 valence electrons. The van der Waals surface area contributed by atoms with E-state index in [9.17, 15) is 9.90 Å². The Labute approximate surface area is 128 Å². The SMILES string of the molecule is CNC(O)(NC)Oc1ccc(C(=O)c2ccc(N)cc2)cc1. The molecule has 0 saturated carbocycles. The van der Waals surface area contributed by atoms with Crippen LogP contribution in [0.25, 0.3) is 0 Å². The van der Waals surface area contributed by atoms with Crippen molar-refractivity contribution in [2.75, 3.05) is 19.8 Å². The molecule has 6 nitrogen and oxygen atoms in total. The maximum atomic E-state index is 12.3. The second-order valence-corrected chi connectivity index (χ2v) is 4.72. The van der Waals surface area contributed by atoms with Crippen LogP contribution in [0, 0.1) is 0 Å². The molecule has 2 aromatic rings. The lowest BCUT2D eigenvalue weighted by Crippen LogP contribution is -2.58. The van der Waals surface area contributed by atoms with Gasteiger partial charge in [-0.05, 0) is 62.6 Å². The van der Waals surface area contributed by atoms with Gasteiger partial charge >= 0.3 is 6.03 Å². The van der Waals surface area contributed by atoms with Crippen LogP contribution < -0.4 is 21.1 Å². The molecular formula is C16H19N3O3. The molecule has 0 fully saturated rings. The monoisotopic (exact) mass is 301 g/mol. The minimum atomic E-state index is -1.66. The van der Waals surface area contributed by atoms with E-state index in [1.54, 1.807) is 62.6 Å². The highest BCUT2D eigenvalue weighted by Crippen LogP contribution is 2.18. The van der Waals surface area contributed by atoms with E-state index in [1.165, 1.54) is 0 Å². The number of hydrogen-bond acceptors (Lipinski definition) is 6. The van der Waals surface area contributed by atoms with E-state index in [4.69, 9.17) is 10.5 Å². The number of carbonyl (C=O) groups is 1. The highest BCUT2D eigenvalue weighted by atomic mass is 16.7. The molecular weight excluding hydrogens is 282 g/mol. The lowest BCUT2D eigenvalue weighted by atomic mass is 10.0. The zero-order chi connectivity index (χ0) is 16.2. The Kier molecular flexibility index (Phi) is 4.77. The highest BCUT2D eigenvalue weighted by Gasteiger charge is 2.24. The Morgan fingerprint density at radius 3 is 1.91 bits per heavy atom. The third-order valence-corrected chi connectivity index (χ3v) is 3.23. The van der Waals surface area contributed by atoms with E-state index in [0.29, 0.717) is 22.6 Å². The van der Waals surface area contributed by atoms with Gasteiger partial charge in [0, 0.05) is 16.8 Å². The summed E-state index contributed by atoms with van der Waals surface area (Å²) in [5.41, 5.74) is 7.30. The van der Waals surface area contributed by atoms with Crippen LogP contribution in [0.15, 0.2) is 48.5 Å². The largest absolute Gasteiger partial charge is 0.437 e. The molecule has 0 bridgehead atoms. The van der Waals surface area contributed by atoms with Crippen LogP contribution in [-0.4, -0.2) is 31.0 Å². The van der Waals surface area contributed by atoms with Gasteiger partial charge in [-0.2, -0.15) is 0 Å². The topological polar surface area (TPSA) is 96.6 Å². The molecule has 5 N–H and O–H groups in total. The first-order valence-corrected chi connectivity index (χ1v) is 6.77. The normalized spacial score (nSPS) is 11.2. The smallest absolute Gasteiger partial charge is 0.333 e. The Morgan fingerprint density at radius 2 is 1.45 bits per heavy atom. The maximum absolute atomic E-state index is 12.3. The molecule has 0 aliphatic rings. The molecule has 0 aliphatic carbocycles. The summed E-state index contributed by atoms with van der Waals surface area (Å²) in [4.78, 5) is 12.3. The average Bonchev–Trinajstić information content (AvgIpc) is 2.55. The van der Waals surface area contributed by atoms with E-state index >= 15 is 0 Å². The lowest BCUT2D eigenvalue weighted by Gasteiger charge is -2.27. The number of aliphatic hydroxyl groups is 1. The van der Waals surface area contributed by atoms with Gasteiger partial charge in [-0.15, -0.1) is 0 Å². The van der Waals surface area contributed by atoms with E-state index in [1.807, 2.05) is 0 Å². The number of carbonyl (C=O) groups excluding carboxylic acids is 1. The minimum absolute atomic E-state index is 0.107. The van der Waals surface area contributed by atoms with Crippen molar-refractivity contribution in [3.05, 3.63) is 59.7 Å². The Balaban J connectivity index is 2.15. The minimum Gasteiger partial charge on any atom is -0.437 e. The van der Waals surface area contributed by atoms with Crippen molar-refractivity contribution < 1.29 is 14.6 Å². The fourth-order valence-electron chi connectivity index (χ4n) is 1.87. The average molecular weight is 301 g/mol. The first-order chi connectivity index (χ1) is 10.5. The van der Waals surface area contributed by atoms with Crippen LogP contribution in [0.4, 0.5) is 5.69 Å². The zero-order valence-electron chi connectivity index (χ0n) is 12.5. The maximum Gasteiger partial charge on any atom is 0.333 e. The number of hydrogen-bond donors (Lipinski definition) is 4. The quantitative estimate of drug-likeness (QED) is 0.360. The van der Waals surface area contributed by atoms with Crippen LogP contribution in [0.3, 0.4) is 0 Å². The Bertz CT molecular complexity index is 635. The number of ketones is 1. The lowest BCUT2D eigenvalue weighted by molar-refractivity contribution is -0.178. The van der Waals surface area contributed by atoms with Gasteiger partial charge in [0.25, 0.3) is 0 Å². The summed E-state index contributed by atoms with van der Waals surface area (Å²) in [6.45, 7) is 0. The van der Waals surface area contributed by atoms with Gasteiger partial charge in [-0.1, -0.05) is 0 Å². The summed E-state index contributed by atoms with van der Waals surface area (Å²) in [5, 5.41) is 15.1. The fourth-order valence-corrected chi connectivity index (χ4v) is 1.87. The third-order valence-electron chi connectivity index (χ3n) is 3.23. The van der Waals surface area contributed by atoms with Crippen LogP contribution in [0.2, 0.25) is 0 Å². The number of anilines is 1. The van der Waals surface area contributed by atoms with Gasteiger partial charge in [0.15, 0.2) is 5.78 Å². The molecule has 0 aliphatic heterocycles. The summed E-state index contributed by atoms with van der Waals surface area (Å²) < 4.78 is 5.36. The van der Waals surface area contributed by atoms with Crippen LogP contribution in [-0.2, 0) is 0 Å². The summed E-state index contributed by atoms with van der Waals surface area (Å²) >= 11 is 0. The number of ether oxygens (including phenoxy) is 1. The first kappa shape index (κ1) is 16.0. The molecule has 6 heteroatoms. The van der Waals surface area contributed by atoms with Crippen molar-refractivity contribution in [3.8, 4) is 5.75 Å². The predicted molar refractivity (Wildman–Crippen MR) is 84.4 cm³/mol. The number of nitrogen functional groups attached to an aromatic ring is 1. The van der Waals surface area contributed by atoms with Gasteiger partial charge in [0.1, 0.15) is 5.75 Å². The number of nitrogens with one attached hydrogen (secondary N) is 2. The van der Waals surface area contributed by atoms with Crippen molar-refractivity contribution >= 4 is 11.5 Å². The predicted octanol–water partition coefficient (Wildman–Crippen LogP) is 0.921. The molecule has 0 spiro atoms. The molecule has 22 heavy (non-hydrogen) atoms. The fraction of sp³-hybridized carbons (Fsp3) is 0.188. The summed E-state index contributed by atoms with van der Waals surface area (Å²) in [5.74, 6) is 0.309. The zero-order valence-corrected chi connectivity index (χ0v) is 12.5. The molecule has 2 aromatic carbocycles.